The maximum absolute atomic E-state index is 13.1. The van der Waals surface area contributed by atoms with Crippen LogP contribution in [0.3, 0.4) is 0 Å². The van der Waals surface area contributed by atoms with E-state index in [-0.39, 0.29) is 5.56 Å². The topological polar surface area (TPSA) is 20.2 Å². The van der Waals surface area contributed by atoms with E-state index in [0.29, 0.717) is 6.42 Å². The van der Waals surface area contributed by atoms with Crippen LogP contribution in [0.5, 0.6) is 0 Å². The molecular weight excluding hydrogens is 206 g/mol. The molecule has 0 amide bonds. The predicted octanol–water partition coefficient (Wildman–Crippen LogP) is 2.75. The van der Waals surface area contributed by atoms with Crippen LogP contribution in [-0.4, -0.2) is 17.1 Å². The third kappa shape index (κ3) is 2.69. The van der Waals surface area contributed by atoms with Crippen LogP contribution in [0, 0.1) is 11.6 Å². The first kappa shape index (κ1) is 11.5. The summed E-state index contributed by atoms with van der Waals surface area (Å²) in [5.74, 6) is -1.14. The van der Waals surface area contributed by atoms with Crippen LogP contribution in [0.1, 0.15) is 18.1 Å². The van der Waals surface area contributed by atoms with Crippen LogP contribution in [0.4, 0.5) is 8.78 Å². The maximum atomic E-state index is 13.1. The molecule has 0 saturated carbocycles. The highest BCUT2D eigenvalue weighted by atomic mass is 32.2. The molecule has 0 saturated heterocycles. The lowest BCUT2D eigenvalue weighted by atomic mass is 10.1. The first-order valence-corrected chi connectivity index (χ1v) is 5.67. The summed E-state index contributed by atoms with van der Waals surface area (Å²) in [6.45, 7) is 0. The number of aliphatic hydroxyl groups is 1. The Morgan fingerprint density at radius 3 is 2.79 bits per heavy atom. The molecule has 0 aliphatic carbocycles. The second kappa shape index (κ2) is 5.32. The third-order valence-corrected chi connectivity index (χ3v) is 2.58. The van der Waals surface area contributed by atoms with E-state index in [1.165, 1.54) is 12.1 Å². The van der Waals surface area contributed by atoms with E-state index in [0.717, 1.165) is 11.8 Å². The van der Waals surface area contributed by atoms with Gasteiger partial charge < -0.3 is 5.11 Å². The summed E-state index contributed by atoms with van der Waals surface area (Å²) >= 11 is 1.56. The van der Waals surface area contributed by atoms with Crippen molar-refractivity contribution in [2.75, 3.05) is 12.0 Å². The fourth-order valence-electron chi connectivity index (χ4n) is 1.16. The molecule has 0 bridgehead atoms. The van der Waals surface area contributed by atoms with Crippen LogP contribution in [0.2, 0.25) is 0 Å². The van der Waals surface area contributed by atoms with Crippen LogP contribution in [0.15, 0.2) is 18.2 Å². The van der Waals surface area contributed by atoms with Crippen molar-refractivity contribution in [2.24, 2.45) is 0 Å². The molecule has 1 aromatic carbocycles. The molecule has 0 aliphatic rings. The molecular formula is C10H12F2OS. The van der Waals surface area contributed by atoms with Crippen LogP contribution in [0.25, 0.3) is 0 Å². The third-order valence-electron chi connectivity index (χ3n) is 1.94. The fraction of sp³-hybridized carbons (Fsp3) is 0.400. The SMILES string of the molecule is CSCCC(O)c1cccc(F)c1F. The van der Waals surface area contributed by atoms with Gasteiger partial charge in [0, 0.05) is 5.56 Å². The second-order valence-electron chi connectivity index (χ2n) is 2.94. The standard InChI is InChI=1S/C10H12F2OS/c1-14-6-5-9(13)7-3-2-4-8(11)10(7)12/h2-4,9,13H,5-6H2,1H3. The average Bonchev–Trinajstić information content (AvgIpc) is 2.18. The van der Waals surface area contributed by atoms with Crippen molar-refractivity contribution < 1.29 is 13.9 Å². The van der Waals surface area contributed by atoms with Gasteiger partial charge in [-0.3, -0.25) is 0 Å². The second-order valence-corrected chi connectivity index (χ2v) is 3.93. The van der Waals surface area contributed by atoms with Crippen LogP contribution >= 0.6 is 11.8 Å². The van der Waals surface area contributed by atoms with Crippen molar-refractivity contribution in [2.45, 2.75) is 12.5 Å². The highest BCUT2D eigenvalue weighted by Crippen LogP contribution is 2.22. The Morgan fingerprint density at radius 2 is 2.14 bits per heavy atom. The van der Waals surface area contributed by atoms with Crippen molar-refractivity contribution in [3.8, 4) is 0 Å². The van der Waals surface area contributed by atoms with Gasteiger partial charge in [-0.05, 0) is 24.5 Å². The van der Waals surface area contributed by atoms with Gasteiger partial charge in [0.2, 0.25) is 0 Å². The molecule has 0 heterocycles. The number of hydrogen-bond acceptors (Lipinski definition) is 2. The van der Waals surface area contributed by atoms with E-state index in [1.54, 1.807) is 11.8 Å². The van der Waals surface area contributed by atoms with E-state index in [4.69, 9.17) is 0 Å². The molecule has 0 fully saturated rings. The first-order valence-electron chi connectivity index (χ1n) is 4.27. The molecule has 1 atom stereocenters. The summed E-state index contributed by atoms with van der Waals surface area (Å²) in [5.41, 5.74) is 0.0408. The van der Waals surface area contributed by atoms with Gasteiger partial charge in [0.25, 0.3) is 0 Å². The van der Waals surface area contributed by atoms with Crippen LogP contribution in [-0.2, 0) is 0 Å². The quantitative estimate of drug-likeness (QED) is 0.838. The van der Waals surface area contributed by atoms with Gasteiger partial charge in [0.05, 0.1) is 6.10 Å². The minimum Gasteiger partial charge on any atom is -0.388 e. The van der Waals surface area contributed by atoms with Crippen molar-refractivity contribution in [1.82, 2.24) is 0 Å². The Kier molecular flexibility index (Phi) is 4.35. The minimum absolute atomic E-state index is 0.0408. The van der Waals surface area contributed by atoms with Gasteiger partial charge >= 0.3 is 0 Å². The Morgan fingerprint density at radius 1 is 1.43 bits per heavy atom. The molecule has 0 aromatic heterocycles. The molecule has 0 radical (unpaired) electrons. The van der Waals surface area contributed by atoms with Gasteiger partial charge in [-0.25, -0.2) is 8.78 Å². The molecule has 1 nitrogen and oxygen atoms in total. The Balaban J connectivity index is 2.79. The Hall–Kier alpha value is -0.610. The average molecular weight is 218 g/mol. The molecule has 0 aliphatic heterocycles. The van der Waals surface area contributed by atoms with E-state index in [9.17, 15) is 13.9 Å². The smallest absolute Gasteiger partial charge is 0.164 e. The largest absolute Gasteiger partial charge is 0.388 e. The number of benzene rings is 1. The fourth-order valence-corrected chi connectivity index (χ4v) is 1.62. The number of halogens is 2. The number of hydrogen-bond donors (Lipinski definition) is 1. The molecule has 14 heavy (non-hydrogen) atoms. The molecule has 0 spiro atoms. The lowest BCUT2D eigenvalue weighted by Gasteiger charge is -2.11. The summed E-state index contributed by atoms with van der Waals surface area (Å²) in [6.07, 6.45) is 1.41. The molecule has 78 valence electrons. The van der Waals surface area contributed by atoms with Crippen molar-refractivity contribution >= 4 is 11.8 Å². The molecule has 1 rings (SSSR count). The summed E-state index contributed by atoms with van der Waals surface area (Å²) in [6, 6.07) is 3.85. The first-order chi connectivity index (χ1) is 6.66. The highest BCUT2D eigenvalue weighted by molar-refractivity contribution is 7.98. The summed E-state index contributed by atoms with van der Waals surface area (Å²) in [5, 5.41) is 9.54. The zero-order valence-electron chi connectivity index (χ0n) is 7.84. The lowest BCUT2D eigenvalue weighted by Crippen LogP contribution is -2.03. The summed E-state index contributed by atoms with van der Waals surface area (Å²) < 4.78 is 25.9. The van der Waals surface area contributed by atoms with Gasteiger partial charge in [0.1, 0.15) is 0 Å². The van der Waals surface area contributed by atoms with Gasteiger partial charge in [0.15, 0.2) is 11.6 Å². The van der Waals surface area contributed by atoms with E-state index < -0.39 is 17.7 Å². The summed E-state index contributed by atoms with van der Waals surface area (Å²) in [4.78, 5) is 0. The Bertz CT molecular complexity index is 304. The summed E-state index contributed by atoms with van der Waals surface area (Å²) in [7, 11) is 0. The lowest BCUT2D eigenvalue weighted by molar-refractivity contribution is 0.169. The van der Waals surface area contributed by atoms with Crippen LogP contribution < -0.4 is 0 Å². The monoisotopic (exact) mass is 218 g/mol. The zero-order chi connectivity index (χ0) is 10.6. The predicted molar refractivity (Wildman–Crippen MR) is 54.3 cm³/mol. The highest BCUT2D eigenvalue weighted by Gasteiger charge is 2.14. The van der Waals surface area contributed by atoms with Crippen molar-refractivity contribution in [1.29, 1.82) is 0 Å². The van der Waals surface area contributed by atoms with Gasteiger partial charge in [-0.2, -0.15) is 11.8 Å². The minimum atomic E-state index is -0.943. The molecule has 1 N–H and O–H groups in total. The van der Waals surface area contributed by atoms with Crippen molar-refractivity contribution in [3.63, 3.8) is 0 Å². The van der Waals surface area contributed by atoms with E-state index in [1.807, 2.05) is 6.26 Å². The number of rotatable bonds is 4. The normalized spacial score (nSPS) is 12.9. The van der Waals surface area contributed by atoms with E-state index in [2.05, 4.69) is 0 Å². The number of thioether (sulfide) groups is 1. The van der Waals surface area contributed by atoms with Gasteiger partial charge in [-0.1, -0.05) is 12.1 Å². The molecule has 1 unspecified atom stereocenters. The number of aliphatic hydroxyl groups excluding tert-OH is 1. The maximum Gasteiger partial charge on any atom is 0.164 e. The van der Waals surface area contributed by atoms with E-state index >= 15 is 0 Å². The Labute approximate surface area is 86.1 Å². The zero-order valence-corrected chi connectivity index (χ0v) is 8.65. The van der Waals surface area contributed by atoms with Gasteiger partial charge in [-0.15, -0.1) is 0 Å². The molecule has 4 heteroatoms. The molecule has 1 aromatic rings. The van der Waals surface area contributed by atoms with Crippen molar-refractivity contribution in [3.05, 3.63) is 35.4 Å².